The summed E-state index contributed by atoms with van der Waals surface area (Å²) in [5.74, 6) is -0.0740. The Kier molecular flexibility index (Phi) is 7.67. The lowest BCUT2D eigenvalue weighted by Gasteiger charge is -2.32. The van der Waals surface area contributed by atoms with Gasteiger partial charge in [0, 0.05) is 6.61 Å². The van der Waals surface area contributed by atoms with E-state index in [1.807, 2.05) is 27.7 Å². The maximum Gasteiger partial charge on any atom is 0.311 e. The first-order chi connectivity index (χ1) is 9.92. The second kappa shape index (κ2) is 8.74. The minimum atomic E-state index is -0.379. The molecule has 0 amide bonds. The first-order valence-electron chi connectivity index (χ1n) is 8.41. The van der Waals surface area contributed by atoms with Crippen molar-refractivity contribution in [1.82, 2.24) is 0 Å². The van der Waals surface area contributed by atoms with Crippen LogP contribution in [0.3, 0.4) is 0 Å². The number of carbonyl (C=O) groups is 1. The van der Waals surface area contributed by atoms with Gasteiger partial charge in [-0.2, -0.15) is 0 Å². The standard InChI is InChI=1S/C17H32O4/c1-6-15(19-8-3)20-13-9-11-14(12-10-13)21-16(18)17(4,5)7-2/h13-15H,6-12H2,1-5H3. The van der Waals surface area contributed by atoms with Crippen LogP contribution in [-0.2, 0) is 19.0 Å². The highest BCUT2D eigenvalue weighted by atomic mass is 16.7. The summed E-state index contributed by atoms with van der Waals surface area (Å²) in [6.45, 7) is 10.6. The molecule has 1 unspecified atom stereocenters. The Bertz CT molecular complexity index is 306. The fourth-order valence-electron chi connectivity index (χ4n) is 2.40. The normalized spacial score (nSPS) is 24.6. The Labute approximate surface area is 129 Å². The zero-order valence-corrected chi connectivity index (χ0v) is 14.3. The Balaban J connectivity index is 2.34. The van der Waals surface area contributed by atoms with Crippen molar-refractivity contribution in [3.63, 3.8) is 0 Å². The Morgan fingerprint density at radius 1 is 1.10 bits per heavy atom. The Hall–Kier alpha value is -0.610. The molecule has 0 aliphatic heterocycles. The second-order valence-corrected chi connectivity index (χ2v) is 6.47. The van der Waals surface area contributed by atoms with Crippen molar-refractivity contribution in [3.05, 3.63) is 0 Å². The van der Waals surface area contributed by atoms with E-state index in [-0.39, 0.29) is 29.9 Å². The third-order valence-corrected chi connectivity index (χ3v) is 4.36. The van der Waals surface area contributed by atoms with E-state index in [0.717, 1.165) is 38.5 Å². The lowest BCUT2D eigenvalue weighted by atomic mass is 9.90. The van der Waals surface area contributed by atoms with Crippen LogP contribution in [0.4, 0.5) is 0 Å². The fourth-order valence-corrected chi connectivity index (χ4v) is 2.40. The molecule has 0 bridgehead atoms. The summed E-state index contributed by atoms with van der Waals surface area (Å²) in [6, 6.07) is 0. The highest BCUT2D eigenvalue weighted by molar-refractivity contribution is 5.75. The van der Waals surface area contributed by atoms with Crippen LogP contribution in [0.1, 0.15) is 73.1 Å². The minimum Gasteiger partial charge on any atom is -0.462 e. The van der Waals surface area contributed by atoms with Crippen molar-refractivity contribution in [3.8, 4) is 0 Å². The summed E-state index contributed by atoms with van der Waals surface area (Å²) in [6.07, 6.45) is 5.51. The van der Waals surface area contributed by atoms with E-state index in [4.69, 9.17) is 14.2 Å². The summed E-state index contributed by atoms with van der Waals surface area (Å²) in [5.41, 5.74) is -0.379. The van der Waals surface area contributed by atoms with E-state index in [1.54, 1.807) is 0 Å². The number of esters is 1. The Morgan fingerprint density at radius 2 is 1.67 bits per heavy atom. The third-order valence-electron chi connectivity index (χ3n) is 4.36. The average Bonchev–Trinajstić information content (AvgIpc) is 2.48. The molecule has 1 fully saturated rings. The van der Waals surface area contributed by atoms with Gasteiger partial charge in [-0.1, -0.05) is 13.8 Å². The molecule has 1 aliphatic carbocycles. The number of ether oxygens (including phenoxy) is 3. The lowest BCUT2D eigenvalue weighted by Crippen LogP contribution is -2.35. The quantitative estimate of drug-likeness (QED) is 0.501. The van der Waals surface area contributed by atoms with Crippen LogP contribution in [-0.4, -0.2) is 31.1 Å². The van der Waals surface area contributed by atoms with E-state index in [2.05, 4.69) is 6.92 Å². The highest BCUT2D eigenvalue weighted by Gasteiger charge is 2.32. The van der Waals surface area contributed by atoms with Crippen LogP contribution >= 0.6 is 0 Å². The second-order valence-electron chi connectivity index (χ2n) is 6.47. The minimum absolute atomic E-state index is 0.0512. The predicted octanol–water partition coefficient (Wildman–Crippen LogP) is 4.07. The van der Waals surface area contributed by atoms with Crippen molar-refractivity contribution >= 4 is 5.97 Å². The average molecular weight is 300 g/mol. The third kappa shape index (κ3) is 5.95. The number of rotatable bonds is 8. The van der Waals surface area contributed by atoms with Gasteiger partial charge >= 0.3 is 5.97 Å². The van der Waals surface area contributed by atoms with Gasteiger partial charge in [-0.15, -0.1) is 0 Å². The largest absolute Gasteiger partial charge is 0.462 e. The van der Waals surface area contributed by atoms with Crippen molar-refractivity contribution < 1.29 is 19.0 Å². The molecule has 0 aromatic heterocycles. The summed E-state index contributed by atoms with van der Waals surface area (Å²) in [5, 5.41) is 0. The fraction of sp³-hybridized carbons (Fsp3) is 0.941. The van der Waals surface area contributed by atoms with Crippen LogP contribution in [0.15, 0.2) is 0 Å². The summed E-state index contributed by atoms with van der Waals surface area (Å²) >= 11 is 0. The number of hydrogen-bond acceptors (Lipinski definition) is 4. The van der Waals surface area contributed by atoms with Gasteiger partial charge in [-0.25, -0.2) is 0 Å². The molecule has 1 saturated carbocycles. The van der Waals surface area contributed by atoms with E-state index in [1.165, 1.54) is 0 Å². The molecule has 1 atom stereocenters. The van der Waals surface area contributed by atoms with Gasteiger partial charge in [0.1, 0.15) is 6.10 Å². The van der Waals surface area contributed by atoms with Gasteiger partial charge in [-0.05, 0) is 59.3 Å². The van der Waals surface area contributed by atoms with Crippen LogP contribution < -0.4 is 0 Å². The molecular weight excluding hydrogens is 268 g/mol. The maximum atomic E-state index is 12.1. The van der Waals surface area contributed by atoms with Crippen LogP contribution in [0.5, 0.6) is 0 Å². The Morgan fingerprint density at radius 3 is 2.14 bits per heavy atom. The van der Waals surface area contributed by atoms with Crippen molar-refractivity contribution in [2.24, 2.45) is 5.41 Å². The van der Waals surface area contributed by atoms with Crippen molar-refractivity contribution in [2.75, 3.05) is 6.61 Å². The zero-order chi connectivity index (χ0) is 15.9. The molecule has 124 valence electrons. The monoisotopic (exact) mass is 300 g/mol. The van der Waals surface area contributed by atoms with E-state index >= 15 is 0 Å². The first-order valence-corrected chi connectivity index (χ1v) is 8.41. The van der Waals surface area contributed by atoms with Gasteiger partial charge in [0.25, 0.3) is 0 Å². The SMILES string of the molecule is CCOC(CC)OC1CCC(OC(=O)C(C)(C)CC)CC1. The molecule has 0 aromatic rings. The van der Waals surface area contributed by atoms with Gasteiger partial charge < -0.3 is 14.2 Å². The van der Waals surface area contributed by atoms with Crippen molar-refractivity contribution in [2.45, 2.75) is 91.6 Å². The first kappa shape index (κ1) is 18.4. The van der Waals surface area contributed by atoms with Gasteiger partial charge in [0.15, 0.2) is 6.29 Å². The van der Waals surface area contributed by atoms with E-state index in [0.29, 0.717) is 6.61 Å². The predicted molar refractivity (Wildman–Crippen MR) is 83.0 cm³/mol. The topological polar surface area (TPSA) is 44.8 Å². The summed E-state index contributed by atoms with van der Waals surface area (Å²) in [4.78, 5) is 12.1. The smallest absolute Gasteiger partial charge is 0.311 e. The van der Waals surface area contributed by atoms with Crippen LogP contribution in [0, 0.1) is 5.41 Å². The van der Waals surface area contributed by atoms with E-state index in [9.17, 15) is 4.79 Å². The molecular formula is C17H32O4. The molecule has 0 aromatic carbocycles. The van der Waals surface area contributed by atoms with Crippen LogP contribution in [0.25, 0.3) is 0 Å². The zero-order valence-electron chi connectivity index (χ0n) is 14.3. The van der Waals surface area contributed by atoms with Gasteiger partial charge in [0.05, 0.1) is 11.5 Å². The molecule has 1 aliphatic rings. The molecule has 4 nitrogen and oxygen atoms in total. The van der Waals surface area contributed by atoms with Crippen LogP contribution in [0.2, 0.25) is 0 Å². The molecule has 0 spiro atoms. The van der Waals surface area contributed by atoms with Gasteiger partial charge in [-0.3, -0.25) is 4.79 Å². The molecule has 1 rings (SSSR count). The number of hydrogen-bond donors (Lipinski definition) is 0. The van der Waals surface area contributed by atoms with Crippen molar-refractivity contribution in [1.29, 1.82) is 0 Å². The number of carbonyl (C=O) groups excluding carboxylic acids is 1. The van der Waals surface area contributed by atoms with E-state index < -0.39 is 0 Å². The lowest BCUT2D eigenvalue weighted by molar-refractivity contribution is -0.184. The molecule has 0 N–H and O–H groups in total. The molecule has 0 heterocycles. The van der Waals surface area contributed by atoms with Gasteiger partial charge in [0.2, 0.25) is 0 Å². The molecule has 0 saturated heterocycles. The maximum absolute atomic E-state index is 12.1. The molecule has 4 heteroatoms. The molecule has 0 radical (unpaired) electrons. The highest BCUT2D eigenvalue weighted by Crippen LogP contribution is 2.28. The summed E-state index contributed by atoms with van der Waals surface area (Å²) in [7, 11) is 0. The summed E-state index contributed by atoms with van der Waals surface area (Å²) < 4.78 is 17.1. The molecule has 21 heavy (non-hydrogen) atoms.